The summed E-state index contributed by atoms with van der Waals surface area (Å²) in [5.41, 5.74) is 7.64. The van der Waals surface area contributed by atoms with Crippen molar-refractivity contribution in [2.24, 2.45) is 11.7 Å². The number of benzene rings is 2. The number of carbonyl (C=O) groups excluding carboxylic acids is 2. The van der Waals surface area contributed by atoms with Crippen molar-refractivity contribution in [1.29, 1.82) is 0 Å². The van der Waals surface area contributed by atoms with Crippen molar-refractivity contribution in [3.05, 3.63) is 70.2 Å². The highest BCUT2D eigenvalue weighted by molar-refractivity contribution is 6.31. The number of aliphatic hydroxyl groups excluding tert-OH is 1. The Labute approximate surface area is 169 Å². The number of Topliss-reactive ketones (excluding diaryl/α,β-unsaturated/α-hetero) is 2. The molecule has 2 aromatic carbocycles. The molecule has 142 valence electrons. The first-order valence-electron chi connectivity index (χ1n) is 8.71. The third-order valence-corrected chi connectivity index (χ3v) is 4.49. The van der Waals surface area contributed by atoms with Gasteiger partial charge < -0.3 is 10.8 Å². The van der Waals surface area contributed by atoms with Crippen LogP contribution in [0.4, 0.5) is 0 Å². The van der Waals surface area contributed by atoms with Crippen molar-refractivity contribution in [3.63, 3.8) is 0 Å². The van der Waals surface area contributed by atoms with Gasteiger partial charge in [-0.25, -0.2) is 0 Å². The SMILES string of the molecule is C[C@@H](N)[C@H](CC(=O)c1ccc(C#CC#Cc2ccccc2Cl)cc1)C(=O)CO. The van der Waals surface area contributed by atoms with Crippen LogP contribution in [0.25, 0.3) is 0 Å². The van der Waals surface area contributed by atoms with Crippen molar-refractivity contribution >= 4 is 23.2 Å². The van der Waals surface area contributed by atoms with Crippen molar-refractivity contribution in [2.75, 3.05) is 6.61 Å². The zero-order chi connectivity index (χ0) is 20.5. The number of halogens is 1. The number of hydrogen-bond donors (Lipinski definition) is 2. The summed E-state index contributed by atoms with van der Waals surface area (Å²) in [7, 11) is 0. The Morgan fingerprint density at radius 3 is 2.32 bits per heavy atom. The van der Waals surface area contributed by atoms with Gasteiger partial charge in [0.1, 0.15) is 6.61 Å². The van der Waals surface area contributed by atoms with Gasteiger partial charge >= 0.3 is 0 Å². The summed E-state index contributed by atoms with van der Waals surface area (Å²) in [6, 6.07) is 13.5. The fraction of sp³-hybridized carbons (Fsp3) is 0.217. The quantitative estimate of drug-likeness (QED) is 0.584. The van der Waals surface area contributed by atoms with Gasteiger partial charge in [-0.2, -0.15) is 0 Å². The van der Waals surface area contributed by atoms with Crippen molar-refractivity contribution in [3.8, 4) is 23.7 Å². The average Bonchev–Trinajstić information content (AvgIpc) is 2.70. The molecular formula is C23H20ClNO3. The Balaban J connectivity index is 2.05. The molecule has 0 aromatic heterocycles. The zero-order valence-corrected chi connectivity index (χ0v) is 16.2. The van der Waals surface area contributed by atoms with E-state index < -0.39 is 24.3 Å². The molecule has 4 nitrogen and oxygen atoms in total. The Morgan fingerprint density at radius 2 is 1.71 bits per heavy atom. The molecule has 0 aliphatic rings. The minimum Gasteiger partial charge on any atom is -0.389 e. The van der Waals surface area contributed by atoms with Crippen LogP contribution in [0.1, 0.15) is 34.8 Å². The molecule has 3 N–H and O–H groups in total. The van der Waals surface area contributed by atoms with E-state index in [9.17, 15) is 9.59 Å². The van der Waals surface area contributed by atoms with Gasteiger partial charge in [0, 0.05) is 35.1 Å². The first-order chi connectivity index (χ1) is 13.4. The molecule has 5 heteroatoms. The maximum absolute atomic E-state index is 12.4. The van der Waals surface area contributed by atoms with Crippen LogP contribution in [0.3, 0.4) is 0 Å². The van der Waals surface area contributed by atoms with Gasteiger partial charge in [0.15, 0.2) is 11.6 Å². The summed E-state index contributed by atoms with van der Waals surface area (Å²) < 4.78 is 0. The molecule has 0 saturated heterocycles. The number of aliphatic hydroxyl groups is 1. The van der Waals surface area contributed by atoms with Crippen LogP contribution < -0.4 is 5.73 Å². The normalized spacial score (nSPS) is 12.0. The van der Waals surface area contributed by atoms with Crippen LogP contribution in [-0.4, -0.2) is 29.3 Å². The van der Waals surface area contributed by atoms with Crippen molar-refractivity contribution in [1.82, 2.24) is 0 Å². The lowest BCUT2D eigenvalue weighted by molar-refractivity contribution is -0.126. The second-order valence-corrected chi connectivity index (χ2v) is 6.68. The average molecular weight is 394 g/mol. The number of ketones is 2. The molecular weight excluding hydrogens is 374 g/mol. The highest BCUT2D eigenvalue weighted by Gasteiger charge is 2.25. The van der Waals surface area contributed by atoms with Crippen LogP contribution in [-0.2, 0) is 4.79 Å². The summed E-state index contributed by atoms with van der Waals surface area (Å²) in [4.78, 5) is 24.1. The number of nitrogens with two attached hydrogens (primary N) is 1. The Bertz CT molecular complexity index is 973. The van der Waals surface area contributed by atoms with E-state index in [0.717, 1.165) is 0 Å². The van der Waals surface area contributed by atoms with Crippen LogP contribution in [0.15, 0.2) is 48.5 Å². The largest absolute Gasteiger partial charge is 0.389 e. The number of rotatable bonds is 6. The fourth-order valence-electron chi connectivity index (χ4n) is 2.53. The molecule has 0 radical (unpaired) electrons. The van der Waals surface area contributed by atoms with Crippen LogP contribution in [0.5, 0.6) is 0 Å². The van der Waals surface area contributed by atoms with Gasteiger partial charge in [0.05, 0.1) is 5.02 Å². The number of hydrogen-bond acceptors (Lipinski definition) is 4. The fourth-order valence-corrected chi connectivity index (χ4v) is 2.71. The van der Waals surface area contributed by atoms with Crippen LogP contribution >= 0.6 is 11.6 Å². The zero-order valence-electron chi connectivity index (χ0n) is 15.4. The van der Waals surface area contributed by atoms with Crippen molar-refractivity contribution in [2.45, 2.75) is 19.4 Å². The summed E-state index contributed by atoms with van der Waals surface area (Å²) in [6.45, 7) is 1.02. The molecule has 0 heterocycles. The summed E-state index contributed by atoms with van der Waals surface area (Å²) in [5.74, 6) is 9.96. The second-order valence-electron chi connectivity index (χ2n) is 6.27. The summed E-state index contributed by atoms with van der Waals surface area (Å²) in [5, 5.41) is 9.59. The van der Waals surface area contributed by atoms with Crippen LogP contribution in [0.2, 0.25) is 5.02 Å². The Morgan fingerprint density at radius 1 is 1.07 bits per heavy atom. The van der Waals surface area contributed by atoms with Gasteiger partial charge in [-0.05, 0) is 43.0 Å². The molecule has 0 aliphatic carbocycles. The molecule has 2 aromatic rings. The molecule has 0 aliphatic heterocycles. The minimum absolute atomic E-state index is 0.0363. The van der Waals surface area contributed by atoms with Gasteiger partial charge in [-0.1, -0.05) is 47.7 Å². The topological polar surface area (TPSA) is 80.4 Å². The molecule has 28 heavy (non-hydrogen) atoms. The van der Waals surface area contributed by atoms with E-state index in [1.807, 2.05) is 18.2 Å². The van der Waals surface area contributed by atoms with Gasteiger partial charge in [-0.3, -0.25) is 9.59 Å². The third kappa shape index (κ3) is 6.08. The van der Waals surface area contributed by atoms with Crippen molar-refractivity contribution < 1.29 is 14.7 Å². The molecule has 0 bridgehead atoms. The predicted molar refractivity (Wildman–Crippen MR) is 110 cm³/mol. The monoisotopic (exact) mass is 393 g/mol. The summed E-state index contributed by atoms with van der Waals surface area (Å²) >= 11 is 6.03. The van der Waals surface area contributed by atoms with Crippen LogP contribution in [0, 0.1) is 29.6 Å². The lowest BCUT2D eigenvalue weighted by Crippen LogP contribution is -2.36. The summed E-state index contributed by atoms with van der Waals surface area (Å²) in [6.07, 6.45) is -0.0363. The number of carbonyl (C=O) groups is 2. The van der Waals surface area contributed by atoms with E-state index >= 15 is 0 Å². The third-order valence-electron chi connectivity index (χ3n) is 4.16. The molecule has 0 spiro atoms. The van der Waals surface area contributed by atoms with Gasteiger partial charge in [0.2, 0.25) is 0 Å². The smallest absolute Gasteiger partial charge is 0.163 e. The highest BCUT2D eigenvalue weighted by atomic mass is 35.5. The first-order valence-corrected chi connectivity index (χ1v) is 9.09. The standard InChI is InChI=1S/C23H20ClNO3/c1-16(25)20(23(28)15-26)14-22(27)19-12-10-17(11-13-19)6-2-3-7-18-8-4-5-9-21(18)24/h4-5,8-13,16,20,26H,14-15,25H2,1H3/t16-,20+/m1/s1. The molecule has 2 atom stereocenters. The lowest BCUT2D eigenvalue weighted by Gasteiger charge is -2.17. The van der Waals surface area contributed by atoms with E-state index in [2.05, 4.69) is 23.7 Å². The molecule has 0 unspecified atom stereocenters. The minimum atomic E-state index is -0.697. The first kappa shape index (κ1) is 21.4. The Hall–Kier alpha value is -2.89. The maximum atomic E-state index is 12.4. The second kappa shape index (κ2) is 10.4. The Kier molecular flexibility index (Phi) is 7.99. The molecule has 2 rings (SSSR count). The van der Waals surface area contributed by atoms with E-state index in [0.29, 0.717) is 21.7 Å². The predicted octanol–water partition coefficient (Wildman–Crippen LogP) is 2.84. The van der Waals surface area contributed by atoms with Gasteiger partial charge in [-0.15, -0.1) is 0 Å². The molecule has 0 fully saturated rings. The van der Waals surface area contributed by atoms with E-state index in [-0.39, 0.29) is 12.2 Å². The van der Waals surface area contributed by atoms with E-state index in [1.165, 1.54) is 0 Å². The molecule has 0 saturated carbocycles. The highest BCUT2D eigenvalue weighted by Crippen LogP contribution is 2.15. The van der Waals surface area contributed by atoms with E-state index in [4.69, 9.17) is 22.4 Å². The lowest BCUT2D eigenvalue weighted by atomic mass is 9.89. The maximum Gasteiger partial charge on any atom is 0.163 e. The molecule has 0 amide bonds. The van der Waals surface area contributed by atoms with E-state index in [1.54, 1.807) is 37.3 Å². The van der Waals surface area contributed by atoms with Gasteiger partial charge in [0.25, 0.3) is 0 Å².